The first-order chi connectivity index (χ1) is 15.4. The molecule has 0 bridgehead atoms. The van der Waals surface area contributed by atoms with Gasteiger partial charge in [0.05, 0.1) is 25.8 Å². The molecule has 0 aliphatic carbocycles. The van der Waals surface area contributed by atoms with Crippen LogP contribution < -0.4 is 9.47 Å². The highest BCUT2D eigenvalue weighted by Gasteiger charge is 2.43. The van der Waals surface area contributed by atoms with Crippen molar-refractivity contribution in [3.8, 4) is 11.5 Å². The Morgan fingerprint density at radius 3 is 2.22 bits per heavy atom. The maximum absolute atomic E-state index is 12.9. The third-order valence-electron chi connectivity index (χ3n) is 5.95. The second kappa shape index (κ2) is 12.5. The number of amides is 1. The molecule has 1 aromatic rings. The van der Waals surface area contributed by atoms with Crippen molar-refractivity contribution in [3.05, 3.63) is 35.1 Å². The van der Waals surface area contributed by atoms with E-state index in [4.69, 9.17) is 9.47 Å². The number of Topliss-reactive ketones (excluding diaryl/α,β-unsaturated/α-hetero) is 1. The molecular formula is C25H38N2O5. The Hall–Kier alpha value is -2.54. The van der Waals surface area contributed by atoms with E-state index in [2.05, 4.69) is 18.7 Å². The Morgan fingerprint density at radius 2 is 1.69 bits per heavy atom. The van der Waals surface area contributed by atoms with E-state index in [-0.39, 0.29) is 11.4 Å². The first-order valence-electron chi connectivity index (χ1n) is 11.6. The molecule has 7 nitrogen and oxygen atoms in total. The fourth-order valence-electron chi connectivity index (χ4n) is 4.17. The largest absolute Gasteiger partial charge is 0.503 e. The number of benzene rings is 1. The average Bonchev–Trinajstić information content (AvgIpc) is 3.04. The summed E-state index contributed by atoms with van der Waals surface area (Å²) in [6, 6.07) is 4.60. The number of rotatable bonds is 14. The van der Waals surface area contributed by atoms with Crippen LogP contribution in [0.25, 0.3) is 0 Å². The molecule has 1 aliphatic rings. The number of unbranched alkanes of at least 4 members (excludes halogenated alkanes) is 2. The molecule has 0 unspecified atom stereocenters. The van der Waals surface area contributed by atoms with Crippen LogP contribution in [0.5, 0.6) is 11.5 Å². The smallest absolute Gasteiger partial charge is 0.290 e. The van der Waals surface area contributed by atoms with E-state index in [1.165, 1.54) is 14.0 Å². The van der Waals surface area contributed by atoms with E-state index in [1.54, 1.807) is 30.2 Å². The van der Waals surface area contributed by atoms with Gasteiger partial charge in [-0.1, -0.05) is 26.7 Å². The molecule has 32 heavy (non-hydrogen) atoms. The van der Waals surface area contributed by atoms with Gasteiger partial charge >= 0.3 is 0 Å². The van der Waals surface area contributed by atoms with Crippen molar-refractivity contribution in [2.24, 2.45) is 0 Å². The van der Waals surface area contributed by atoms with Crippen LogP contribution in [0.2, 0.25) is 0 Å². The highest BCUT2D eigenvalue weighted by atomic mass is 16.5. The molecule has 1 N–H and O–H groups in total. The Kier molecular flexibility index (Phi) is 10.0. The van der Waals surface area contributed by atoms with Gasteiger partial charge in [-0.2, -0.15) is 0 Å². The van der Waals surface area contributed by atoms with Crippen molar-refractivity contribution in [2.45, 2.75) is 58.9 Å². The molecule has 1 aliphatic heterocycles. The van der Waals surface area contributed by atoms with Crippen molar-refractivity contribution >= 4 is 11.7 Å². The van der Waals surface area contributed by atoms with Crippen LogP contribution in [0.15, 0.2) is 29.5 Å². The van der Waals surface area contributed by atoms with Gasteiger partial charge in [0.1, 0.15) is 11.5 Å². The summed E-state index contributed by atoms with van der Waals surface area (Å²) < 4.78 is 10.8. The van der Waals surface area contributed by atoms with Crippen molar-refractivity contribution in [2.75, 3.05) is 40.4 Å². The van der Waals surface area contributed by atoms with Crippen LogP contribution in [0.3, 0.4) is 0 Å². The summed E-state index contributed by atoms with van der Waals surface area (Å²) in [5.74, 6) is -0.177. The number of ether oxygens (including phenoxy) is 2. The molecule has 1 aromatic carbocycles. The van der Waals surface area contributed by atoms with Gasteiger partial charge in [-0.3, -0.25) is 9.59 Å². The number of nitrogens with zero attached hydrogens (tertiary/aromatic N) is 2. The highest BCUT2D eigenvalue weighted by molar-refractivity contribution is 6.08. The summed E-state index contributed by atoms with van der Waals surface area (Å²) >= 11 is 0. The zero-order valence-corrected chi connectivity index (χ0v) is 20.1. The van der Waals surface area contributed by atoms with Crippen molar-refractivity contribution in [1.82, 2.24) is 9.80 Å². The predicted molar refractivity (Wildman–Crippen MR) is 125 cm³/mol. The minimum Gasteiger partial charge on any atom is -0.503 e. The van der Waals surface area contributed by atoms with Gasteiger partial charge in [0.25, 0.3) is 5.91 Å². The minimum absolute atomic E-state index is 0.118. The summed E-state index contributed by atoms with van der Waals surface area (Å²) in [5.41, 5.74) is 0.775. The molecule has 0 saturated carbocycles. The normalized spacial score (nSPS) is 16.2. The number of hydrogen-bond acceptors (Lipinski definition) is 6. The Bertz CT molecular complexity index is 813. The van der Waals surface area contributed by atoms with Crippen molar-refractivity contribution in [3.63, 3.8) is 0 Å². The molecular weight excluding hydrogens is 408 g/mol. The van der Waals surface area contributed by atoms with Crippen LogP contribution in [0, 0.1) is 0 Å². The third kappa shape index (κ3) is 6.03. The second-order valence-electron chi connectivity index (χ2n) is 8.23. The fourth-order valence-corrected chi connectivity index (χ4v) is 4.17. The van der Waals surface area contributed by atoms with Gasteiger partial charge in [0, 0.05) is 18.2 Å². The maximum atomic E-state index is 12.9. The molecule has 178 valence electrons. The number of aliphatic hydroxyl groups excluding tert-OH is 1. The fraction of sp³-hybridized carbons (Fsp3) is 0.600. The van der Waals surface area contributed by atoms with Crippen LogP contribution >= 0.6 is 0 Å². The molecule has 1 heterocycles. The van der Waals surface area contributed by atoms with Crippen LogP contribution in [-0.4, -0.2) is 67.0 Å². The van der Waals surface area contributed by atoms with E-state index >= 15 is 0 Å². The summed E-state index contributed by atoms with van der Waals surface area (Å²) in [6.45, 7) is 9.14. The van der Waals surface area contributed by atoms with Gasteiger partial charge in [0.2, 0.25) is 0 Å². The number of methoxy groups -OCH3 is 2. The van der Waals surface area contributed by atoms with E-state index < -0.39 is 17.7 Å². The number of ketones is 1. The van der Waals surface area contributed by atoms with E-state index in [0.29, 0.717) is 23.6 Å². The van der Waals surface area contributed by atoms with Gasteiger partial charge in [0.15, 0.2) is 11.5 Å². The standard InChI is InChI=1S/C25H38N2O5/c1-6-8-13-26(14-9-7-2)15-10-16-27-23(22(18(3)28)24(29)25(27)30)20-12-11-19(31-4)17-21(20)32-5/h11-12,17,23,29H,6-10,13-16H2,1-5H3/t23-/m0/s1. The molecule has 2 rings (SSSR count). The van der Waals surface area contributed by atoms with Crippen molar-refractivity contribution < 1.29 is 24.2 Å². The summed E-state index contributed by atoms with van der Waals surface area (Å²) in [7, 11) is 3.10. The predicted octanol–water partition coefficient (Wildman–Crippen LogP) is 4.28. The number of carbonyl (C=O) groups is 2. The lowest BCUT2D eigenvalue weighted by Crippen LogP contribution is -2.35. The lowest BCUT2D eigenvalue weighted by Gasteiger charge is -2.29. The molecule has 0 fully saturated rings. The van der Waals surface area contributed by atoms with Crippen LogP contribution in [0.4, 0.5) is 0 Å². The second-order valence-corrected chi connectivity index (χ2v) is 8.23. The number of carbonyl (C=O) groups excluding carboxylic acids is 2. The van der Waals surface area contributed by atoms with E-state index in [1.807, 2.05) is 0 Å². The summed E-state index contributed by atoms with van der Waals surface area (Å²) in [5, 5.41) is 10.5. The molecule has 0 saturated heterocycles. The number of aliphatic hydroxyl groups is 1. The van der Waals surface area contributed by atoms with Gasteiger partial charge < -0.3 is 24.4 Å². The van der Waals surface area contributed by atoms with Gasteiger partial charge in [-0.25, -0.2) is 0 Å². The topological polar surface area (TPSA) is 79.3 Å². The Labute approximate surface area is 192 Å². The van der Waals surface area contributed by atoms with Crippen LogP contribution in [-0.2, 0) is 9.59 Å². The van der Waals surface area contributed by atoms with Gasteiger partial charge in [-0.15, -0.1) is 0 Å². The molecule has 1 amide bonds. The Morgan fingerprint density at radius 1 is 1.06 bits per heavy atom. The molecule has 1 atom stereocenters. The first-order valence-corrected chi connectivity index (χ1v) is 11.6. The SMILES string of the molecule is CCCCN(CCCC)CCCN1C(=O)C(O)=C(C(C)=O)[C@@H]1c1ccc(OC)cc1OC. The molecule has 0 spiro atoms. The van der Waals surface area contributed by atoms with E-state index in [9.17, 15) is 14.7 Å². The average molecular weight is 447 g/mol. The van der Waals surface area contributed by atoms with E-state index in [0.717, 1.165) is 51.7 Å². The van der Waals surface area contributed by atoms with Gasteiger partial charge in [-0.05, 0) is 58.0 Å². The first kappa shape index (κ1) is 25.7. The molecule has 0 radical (unpaired) electrons. The molecule has 7 heteroatoms. The monoisotopic (exact) mass is 446 g/mol. The lowest BCUT2D eigenvalue weighted by molar-refractivity contribution is -0.129. The maximum Gasteiger partial charge on any atom is 0.290 e. The third-order valence-corrected chi connectivity index (χ3v) is 5.95. The Balaban J connectivity index is 2.27. The number of hydrogen-bond donors (Lipinski definition) is 1. The summed E-state index contributed by atoms with van der Waals surface area (Å²) in [4.78, 5) is 29.4. The lowest BCUT2D eigenvalue weighted by atomic mass is 9.95. The minimum atomic E-state index is -0.680. The highest BCUT2D eigenvalue weighted by Crippen LogP contribution is 2.42. The van der Waals surface area contributed by atoms with Crippen LogP contribution in [0.1, 0.15) is 64.5 Å². The quantitative estimate of drug-likeness (QED) is 0.459. The summed E-state index contributed by atoms with van der Waals surface area (Å²) in [6.07, 6.45) is 5.34. The molecule has 0 aromatic heterocycles. The zero-order chi connectivity index (χ0) is 23.7. The van der Waals surface area contributed by atoms with Crippen molar-refractivity contribution in [1.29, 1.82) is 0 Å². The zero-order valence-electron chi connectivity index (χ0n) is 20.1.